The number of aliphatic hydroxyl groups is 2. The summed E-state index contributed by atoms with van der Waals surface area (Å²) in [5.74, 6) is 1.10. The molecule has 4 rings (SSSR count). The number of fused-ring (bicyclic) bond motifs is 2. The Bertz CT molecular complexity index is 1010. The zero-order chi connectivity index (χ0) is 18.3. The predicted octanol–water partition coefficient (Wildman–Crippen LogP) is 1.97. The number of ether oxygens (including phenoxy) is 2. The van der Waals surface area contributed by atoms with Gasteiger partial charge >= 0.3 is 0 Å². The van der Waals surface area contributed by atoms with Crippen molar-refractivity contribution in [2.45, 2.75) is 20.1 Å². The van der Waals surface area contributed by atoms with E-state index >= 15 is 0 Å². The second-order valence-electron chi connectivity index (χ2n) is 6.17. The van der Waals surface area contributed by atoms with E-state index < -0.39 is 6.29 Å². The topological polar surface area (TPSA) is 89.1 Å². The molecular weight excluding hydrogens is 334 g/mol. The van der Waals surface area contributed by atoms with Gasteiger partial charge in [0.15, 0.2) is 5.65 Å². The van der Waals surface area contributed by atoms with Gasteiger partial charge < -0.3 is 24.1 Å². The second kappa shape index (κ2) is 6.44. The maximum atomic E-state index is 10.4. The van der Waals surface area contributed by atoms with E-state index in [1.165, 1.54) is 0 Å². The summed E-state index contributed by atoms with van der Waals surface area (Å²) in [7, 11) is 0. The largest absolute Gasteiger partial charge is 0.491 e. The van der Waals surface area contributed by atoms with Crippen LogP contribution in [0.2, 0.25) is 0 Å². The summed E-state index contributed by atoms with van der Waals surface area (Å²) in [6.07, 6.45) is 4.49. The summed E-state index contributed by atoms with van der Waals surface area (Å²) in [6.45, 7) is 3.98. The molecule has 0 saturated carbocycles. The van der Waals surface area contributed by atoms with Crippen LogP contribution in [0.4, 0.5) is 0 Å². The molecule has 134 valence electrons. The van der Waals surface area contributed by atoms with Crippen molar-refractivity contribution < 1.29 is 19.7 Å². The number of aliphatic hydroxyl groups excluding tert-OH is 2. The summed E-state index contributed by atoms with van der Waals surface area (Å²) in [5.41, 5.74) is 4.52. The van der Waals surface area contributed by atoms with Crippen molar-refractivity contribution in [3.05, 3.63) is 53.2 Å². The van der Waals surface area contributed by atoms with E-state index in [-0.39, 0.29) is 13.2 Å². The fraction of sp³-hybridized carbons (Fsp3) is 0.263. The Hall–Kier alpha value is -2.90. The van der Waals surface area contributed by atoms with Gasteiger partial charge in [0.05, 0.1) is 23.7 Å². The fourth-order valence-corrected chi connectivity index (χ4v) is 3.06. The van der Waals surface area contributed by atoms with E-state index in [1.54, 1.807) is 12.1 Å². The minimum Gasteiger partial charge on any atom is -0.491 e. The molecule has 0 aliphatic carbocycles. The van der Waals surface area contributed by atoms with Crippen molar-refractivity contribution in [3.8, 4) is 11.5 Å². The Kier molecular flexibility index (Phi) is 4.10. The molecule has 1 aromatic carbocycles. The first-order chi connectivity index (χ1) is 12.5. The second-order valence-corrected chi connectivity index (χ2v) is 6.17. The van der Waals surface area contributed by atoms with Gasteiger partial charge in [0, 0.05) is 29.6 Å². The molecule has 1 aliphatic heterocycles. The summed E-state index contributed by atoms with van der Waals surface area (Å²) >= 11 is 0. The van der Waals surface area contributed by atoms with Crippen LogP contribution in [0.1, 0.15) is 22.6 Å². The van der Waals surface area contributed by atoms with Crippen molar-refractivity contribution in [1.82, 2.24) is 14.4 Å². The first-order valence-electron chi connectivity index (χ1n) is 8.32. The van der Waals surface area contributed by atoms with Gasteiger partial charge in [-0.25, -0.2) is 4.98 Å². The molecule has 7 heteroatoms. The highest BCUT2D eigenvalue weighted by Gasteiger charge is 2.24. The average Bonchev–Trinajstić information content (AvgIpc) is 3.03. The predicted molar refractivity (Wildman–Crippen MR) is 96.0 cm³/mol. The lowest BCUT2D eigenvalue weighted by atomic mass is 10.0. The van der Waals surface area contributed by atoms with Crippen LogP contribution in [0.15, 0.2) is 30.6 Å². The molecule has 7 nitrogen and oxygen atoms in total. The van der Waals surface area contributed by atoms with E-state index in [1.807, 2.05) is 42.8 Å². The molecule has 3 aromatic rings. The zero-order valence-corrected chi connectivity index (χ0v) is 14.5. The quantitative estimate of drug-likeness (QED) is 0.745. The third-order valence-corrected chi connectivity index (χ3v) is 4.18. The Morgan fingerprint density at radius 1 is 1.23 bits per heavy atom. The van der Waals surface area contributed by atoms with Gasteiger partial charge in [-0.05, 0) is 32.1 Å². The molecule has 1 aliphatic rings. The van der Waals surface area contributed by atoms with Crippen LogP contribution in [0, 0.1) is 13.8 Å². The maximum absolute atomic E-state index is 10.4. The van der Waals surface area contributed by atoms with Gasteiger partial charge in [-0.2, -0.15) is 0 Å². The van der Waals surface area contributed by atoms with Crippen LogP contribution in [0.3, 0.4) is 0 Å². The fourth-order valence-electron chi connectivity index (χ4n) is 3.06. The van der Waals surface area contributed by atoms with E-state index in [0.717, 1.165) is 22.6 Å². The third-order valence-electron chi connectivity index (χ3n) is 4.18. The smallest absolute Gasteiger partial charge is 0.226 e. The van der Waals surface area contributed by atoms with Crippen LogP contribution in [-0.2, 0) is 0 Å². The van der Waals surface area contributed by atoms with Crippen molar-refractivity contribution in [2.75, 3.05) is 13.2 Å². The lowest BCUT2D eigenvalue weighted by molar-refractivity contribution is 0.0315. The third kappa shape index (κ3) is 2.91. The van der Waals surface area contributed by atoms with Crippen molar-refractivity contribution in [3.63, 3.8) is 0 Å². The number of nitrogens with zero attached hydrogens (tertiary/aromatic N) is 3. The van der Waals surface area contributed by atoms with E-state index in [9.17, 15) is 5.11 Å². The molecular formula is C19H19N3O4. The Labute approximate surface area is 150 Å². The first kappa shape index (κ1) is 16.6. The van der Waals surface area contributed by atoms with Gasteiger partial charge in [0.1, 0.15) is 18.1 Å². The summed E-state index contributed by atoms with van der Waals surface area (Å²) in [4.78, 5) is 9.02. The van der Waals surface area contributed by atoms with E-state index in [2.05, 4.69) is 9.97 Å². The lowest BCUT2D eigenvalue weighted by Crippen LogP contribution is -2.21. The minimum absolute atomic E-state index is 0.0632. The van der Waals surface area contributed by atoms with Gasteiger partial charge in [-0.3, -0.25) is 4.98 Å². The van der Waals surface area contributed by atoms with E-state index in [0.29, 0.717) is 22.8 Å². The molecule has 2 N–H and O–H groups in total. The maximum Gasteiger partial charge on any atom is 0.226 e. The van der Waals surface area contributed by atoms with Gasteiger partial charge in [0.25, 0.3) is 0 Å². The molecule has 0 amide bonds. The first-order valence-corrected chi connectivity index (χ1v) is 8.32. The standard InChI is InChI=1S/C19H19N3O4/c1-11-9-22-10-16(21-18(22)12(2)20-11)15-7-13-3-4-14(25-6-5-23)8-17(13)26-19(15)24/h3-4,7-10,19,23-24H,5-6H2,1-2H3. The molecule has 0 bridgehead atoms. The Morgan fingerprint density at radius 2 is 2.08 bits per heavy atom. The van der Waals surface area contributed by atoms with Crippen molar-refractivity contribution >= 4 is 17.3 Å². The molecule has 0 fully saturated rings. The SMILES string of the molecule is Cc1cn2cc(C3=Cc4ccc(OCCO)cc4OC3O)nc2c(C)n1. The molecule has 1 unspecified atom stereocenters. The monoisotopic (exact) mass is 353 g/mol. The number of aromatic nitrogens is 3. The molecule has 0 saturated heterocycles. The number of imidazole rings is 1. The molecule has 0 spiro atoms. The summed E-state index contributed by atoms with van der Waals surface area (Å²) in [6, 6.07) is 5.34. The number of rotatable bonds is 4. The highest BCUT2D eigenvalue weighted by molar-refractivity contribution is 5.86. The molecule has 3 heterocycles. The highest BCUT2D eigenvalue weighted by atomic mass is 16.6. The summed E-state index contributed by atoms with van der Waals surface area (Å²) < 4.78 is 12.9. The number of aryl methyl sites for hydroxylation is 2. The number of benzene rings is 1. The van der Waals surface area contributed by atoms with Crippen LogP contribution in [0.5, 0.6) is 11.5 Å². The van der Waals surface area contributed by atoms with Crippen LogP contribution < -0.4 is 9.47 Å². The van der Waals surface area contributed by atoms with Gasteiger partial charge in [-0.15, -0.1) is 0 Å². The normalized spacial score (nSPS) is 16.2. The molecule has 2 aromatic heterocycles. The molecule has 0 radical (unpaired) electrons. The van der Waals surface area contributed by atoms with Crippen LogP contribution in [0.25, 0.3) is 17.3 Å². The molecule has 26 heavy (non-hydrogen) atoms. The van der Waals surface area contributed by atoms with E-state index in [4.69, 9.17) is 14.6 Å². The molecule has 1 atom stereocenters. The number of hydrogen-bond donors (Lipinski definition) is 2. The highest BCUT2D eigenvalue weighted by Crippen LogP contribution is 2.35. The minimum atomic E-state index is -1.13. The van der Waals surface area contributed by atoms with Crippen molar-refractivity contribution in [2.24, 2.45) is 0 Å². The van der Waals surface area contributed by atoms with Gasteiger partial charge in [0.2, 0.25) is 6.29 Å². The van der Waals surface area contributed by atoms with Crippen LogP contribution in [-0.4, -0.2) is 44.1 Å². The Balaban J connectivity index is 1.73. The lowest BCUT2D eigenvalue weighted by Gasteiger charge is -2.22. The van der Waals surface area contributed by atoms with Gasteiger partial charge in [-0.1, -0.05) is 0 Å². The number of hydrogen-bond acceptors (Lipinski definition) is 6. The average molecular weight is 353 g/mol. The summed E-state index contributed by atoms with van der Waals surface area (Å²) in [5, 5.41) is 19.3. The van der Waals surface area contributed by atoms with Crippen molar-refractivity contribution in [1.29, 1.82) is 0 Å². The zero-order valence-electron chi connectivity index (χ0n) is 14.5. The Morgan fingerprint density at radius 3 is 2.88 bits per heavy atom. The van der Waals surface area contributed by atoms with Crippen LogP contribution >= 0.6 is 0 Å².